The third-order valence-electron chi connectivity index (χ3n) is 8.74. The number of ether oxygens (including phenoxy) is 2. The molecule has 0 saturated carbocycles. The second-order valence-corrected chi connectivity index (χ2v) is 11.9. The van der Waals surface area contributed by atoms with Crippen molar-refractivity contribution in [3.63, 3.8) is 0 Å². The first-order valence-corrected chi connectivity index (χ1v) is 13.5. The number of carbonyl (C=O) groups is 1. The Morgan fingerprint density at radius 1 is 1.28 bits per heavy atom. The van der Waals surface area contributed by atoms with Gasteiger partial charge in [0.15, 0.2) is 5.60 Å². The topological polar surface area (TPSA) is 103 Å². The number of nitrogens with zero attached hydrogens (tertiary/aromatic N) is 2. The van der Waals surface area contributed by atoms with E-state index in [1.807, 2.05) is 6.92 Å². The van der Waals surface area contributed by atoms with Gasteiger partial charge < -0.3 is 24.5 Å². The molecule has 3 aromatic rings. The Kier molecular flexibility index (Phi) is 5.98. The SMILES string of the molecule is CC[C@@]1(O)C(=O)OCc2c1cc1n(c2=O)Cc2c-1nc1cc(F)c(C)c3c1c2[C@@H](NCC(C)(C)COC)CC3. The average molecular weight is 536 g/mol. The van der Waals surface area contributed by atoms with Gasteiger partial charge in [0.25, 0.3) is 5.56 Å². The molecule has 1 aromatic carbocycles. The van der Waals surface area contributed by atoms with E-state index in [0.717, 1.165) is 34.9 Å². The van der Waals surface area contributed by atoms with Gasteiger partial charge in [-0.05, 0) is 48.9 Å². The molecule has 0 bridgehead atoms. The molecule has 2 aliphatic heterocycles. The number of pyridine rings is 2. The molecule has 0 spiro atoms. The fraction of sp³-hybridized carbons (Fsp3) is 0.500. The highest BCUT2D eigenvalue weighted by Gasteiger charge is 2.46. The number of aromatic nitrogens is 2. The number of cyclic esters (lactones) is 1. The number of fused-ring (bicyclic) bond motifs is 5. The zero-order chi connectivity index (χ0) is 27.9. The van der Waals surface area contributed by atoms with Gasteiger partial charge in [0.2, 0.25) is 0 Å². The second-order valence-electron chi connectivity index (χ2n) is 11.9. The number of esters is 1. The zero-order valence-electron chi connectivity index (χ0n) is 23.0. The van der Waals surface area contributed by atoms with E-state index in [4.69, 9.17) is 14.5 Å². The molecule has 1 aliphatic carbocycles. The first kappa shape index (κ1) is 26.1. The van der Waals surface area contributed by atoms with Crippen LogP contribution in [0, 0.1) is 18.2 Å². The summed E-state index contributed by atoms with van der Waals surface area (Å²) >= 11 is 0. The Morgan fingerprint density at radius 3 is 2.77 bits per heavy atom. The summed E-state index contributed by atoms with van der Waals surface area (Å²) in [7, 11) is 1.70. The van der Waals surface area contributed by atoms with Crippen LogP contribution >= 0.6 is 0 Å². The van der Waals surface area contributed by atoms with Gasteiger partial charge in [-0.25, -0.2) is 14.2 Å². The Balaban J connectivity index is 1.58. The normalized spacial score (nSPS) is 21.5. The molecular weight excluding hydrogens is 501 g/mol. The lowest BCUT2D eigenvalue weighted by Gasteiger charge is -2.33. The van der Waals surface area contributed by atoms with Crippen molar-refractivity contribution in [2.24, 2.45) is 5.41 Å². The minimum absolute atomic E-state index is 0.0186. The summed E-state index contributed by atoms with van der Waals surface area (Å²) in [5.74, 6) is -1.06. The summed E-state index contributed by atoms with van der Waals surface area (Å²) in [6.45, 7) is 9.22. The van der Waals surface area contributed by atoms with E-state index < -0.39 is 11.6 Å². The van der Waals surface area contributed by atoms with Crippen LogP contribution in [0.3, 0.4) is 0 Å². The fourth-order valence-corrected chi connectivity index (χ4v) is 6.60. The van der Waals surface area contributed by atoms with E-state index in [1.54, 1.807) is 24.7 Å². The van der Waals surface area contributed by atoms with Crippen molar-refractivity contribution in [2.75, 3.05) is 20.3 Å². The molecule has 2 aromatic heterocycles. The quantitative estimate of drug-likeness (QED) is 0.362. The van der Waals surface area contributed by atoms with E-state index in [9.17, 15) is 14.7 Å². The Hall–Kier alpha value is -3.14. The number of rotatable bonds is 6. The van der Waals surface area contributed by atoms with Crippen molar-refractivity contribution in [1.29, 1.82) is 0 Å². The smallest absolute Gasteiger partial charge is 0.343 e. The Morgan fingerprint density at radius 2 is 2.05 bits per heavy atom. The molecule has 0 fully saturated rings. The maximum Gasteiger partial charge on any atom is 0.343 e. The fourth-order valence-electron chi connectivity index (χ4n) is 6.60. The molecule has 2 N–H and O–H groups in total. The van der Waals surface area contributed by atoms with Crippen molar-refractivity contribution in [1.82, 2.24) is 14.9 Å². The predicted octanol–water partition coefficient (Wildman–Crippen LogP) is 3.78. The monoisotopic (exact) mass is 535 g/mol. The van der Waals surface area contributed by atoms with E-state index in [0.29, 0.717) is 42.2 Å². The van der Waals surface area contributed by atoms with Crippen LogP contribution in [0.4, 0.5) is 4.39 Å². The van der Waals surface area contributed by atoms with Gasteiger partial charge in [-0.1, -0.05) is 20.8 Å². The predicted molar refractivity (Wildman–Crippen MR) is 144 cm³/mol. The maximum atomic E-state index is 15.1. The first-order valence-electron chi connectivity index (χ1n) is 13.5. The molecule has 0 saturated heterocycles. The van der Waals surface area contributed by atoms with E-state index in [2.05, 4.69) is 19.2 Å². The molecule has 2 atom stereocenters. The van der Waals surface area contributed by atoms with Crippen molar-refractivity contribution in [2.45, 2.75) is 71.8 Å². The van der Waals surface area contributed by atoms with Gasteiger partial charge in [0.1, 0.15) is 12.4 Å². The van der Waals surface area contributed by atoms with Crippen LogP contribution in [0.2, 0.25) is 0 Å². The minimum atomic E-state index is -1.90. The summed E-state index contributed by atoms with van der Waals surface area (Å²) in [6.07, 6.45) is 1.58. The molecule has 206 valence electrons. The van der Waals surface area contributed by atoms with Gasteiger partial charge in [-0.15, -0.1) is 0 Å². The van der Waals surface area contributed by atoms with Crippen LogP contribution in [-0.4, -0.2) is 40.9 Å². The number of aliphatic hydroxyl groups is 1. The van der Waals surface area contributed by atoms with Gasteiger partial charge in [-0.2, -0.15) is 0 Å². The molecule has 9 heteroatoms. The number of halogens is 1. The zero-order valence-corrected chi connectivity index (χ0v) is 23.0. The number of benzene rings is 1. The summed E-state index contributed by atoms with van der Waals surface area (Å²) < 4.78 is 27.3. The number of carbonyl (C=O) groups excluding carboxylic acids is 1. The average Bonchev–Trinajstić information content (AvgIpc) is 3.27. The van der Waals surface area contributed by atoms with Crippen LogP contribution in [0.15, 0.2) is 16.9 Å². The third-order valence-corrected chi connectivity index (χ3v) is 8.74. The summed E-state index contributed by atoms with van der Waals surface area (Å²) in [6, 6.07) is 3.17. The van der Waals surface area contributed by atoms with Crippen LogP contribution in [-0.2, 0) is 39.4 Å². The first-order chi connectivity index (χ1) is 18.5. The van der Waals surface area contributed by atoms with Gasteiger partial charge >= 0.3 is 5.97 Å². The highest BCUT2D eigenvalue weighted by atomic mass is 19.1. The number of hydrogen-bond donors (Lipinski definition) is 2. The highest BCUT2D eigenvalue weighted by Crippen LogP contribution is 2.46. The lowest BCUT2D eigenvalue weighted by molar-refractivity contribution is -0.172. The van der Waals surface area contributed by atoms with Gasteiger partial charge in [0, 0.05) is 47.7 Å². The van der Waals surface area contributed by atoms with Crippen LogP contribution in [0.25, 0.3) is 22.3 Å². The van der Waals surface area contributed by atoms with Crippen molar-refractivity contribution in [3.8, 4) is 11.4 Å². The lowest BCUT2D eigenvalue weighted by atomic mass is 9.81. The summed E-state index contributed by atoms with van der Waals surface area (Å²) in [5.41, 5.74) is 3.49. The van der Waals surface area contributed by atoms with Crippen LogP contribution < -0.4 is 10.9 Å². The summed E-state index contributed by atoms with van der Waals surface area (Å²) in [5, 5.41) is 15.9. The number of nitrogens with one attached hydrogen (secondary N) is 1. The van der Waals surface area contributed by atoms with Crippen molar-refractivity contribution < 1.29 is 23.8 Å². The number of methoxy groups -OCH3 is 1. The van der Waals surface area contributed by atoms with E-state index >= 15 is 4.39 Å². The van der Waals surface area contributed by atoms with Crippen molar-refractivity contribution >= 4 is 16.9 Å². The largest absolute Gasteiger partial charge is 0.458 e. The second kappa shape index (κ2) is 8.94. The number of hydrogen-bond acceptors (Lipinski definition) is 7. The summed E-state index contributed by atoms with van der Waals surface area (Å²) in [4.78, 5) is 31.2. The van der Waals surface area contributed by atoms with Crippen molar-refractivity contribution in [3.05, 3.63) is 61.7 Å². The minimum Gasteiger partial charge on any atom is -0.458 e. The van der Waals surface area contributed by atoms with Gasteiger partial charge in [0.05, 0.1) is 35.6 Å². The maximum absolute atomic E-state index is 15.1. The lowest BCUT2D eigenvalue weighted by Crippen LogP contribution is -2.44. The van der Waals surface area contributed by atoms with Gasteiger partial charge in [-0.3, -0.25) is 4.79 Å². The van der Waals surface area contributed by atoms with Crippen LogP contribution in [0.5, 0.6) is 0 Å². The number of aryl methyl sites for hydroxylation is 1. The standard InChI is InChI=1S/C30H34FN3O5/c1-6-30(37)19-9-23-26-17(11-34(23)27(35)18(19)12-39-28(30)36)25-21(32-13-29(3,4)14-38-5)8-7-16-15(2)20(31)10-22(33-26)24(16)25/h9-10,21,32,37H,6-8,11-14H2,1-5H3/t21-,30-/m0/s1. The molecule has 3 aliphatic rings. The molecule has 4 heterocycles. The molecule has 6 rings (SSSR count). The van der Waals surface area contributed by atoms with Crippen LogP contribution in [0.1, 0.15) is 73.0 Å². The van der Waals surface area contributed by atoms with E-state index in [-0.39, 0.29) is 47.0 Å². The molecule has 39 heavy (non-hydrogen) atoms. The third kappa shape index (κ3) is 3.77. The molecule has 0 unspecified atom stereocenters. The Labute approximate surface area is 226 Å². The Bertz CT molecular complexity index is 1610. The van der Waals surface area contributed by atoms with E-state index in [1.165, 1.54) is 6.07 Å². The molecular formula is C30H34FN3O5. The molecule has 0 radical (unpaired) electrons. The molecule has 8 nitrogen and oxygen atoms in total. The highest BCUT2D eigenvalue weighted by molar-refractivity contribution is 5.93. The molecule has 0 amide bonds.